The molecule has 3 rings (SSSR count). The summed E-state index contributed by atoms with van der Waals surface area (Å²) in [6.07, 6.45) is 3.04. The minimum absolute atomic E-state index is 0.514. The molecule has 5 nitrogen and oxygen atoms in total. The largest absolute Gasteiger partial charge is 0.316 e. The highest BCUT2D eigenvalue weighted by Crippen LogP contribution is 2.27. The normalized spacial score (nSPS) is 19.4. The number of hydrogen-bond acceptors (Lipinski definition) is 6. The Bertz CT molecular complexity index is 609. The average Bonchev–Trinajstić information content (AvgIpc) is 2.98. The molecule has 0 aliphatic carbocycles. The maximum atomic E-state index is 4.60. The first-order valence-electron chi connectivity index (χ1n) is 6.84. The summed E-state index contributed by atoms with van der Waals surface area (Å²) in [5.74, 6) is 2.17. The van der Waals surface area contributed by atoms with Gasteiger partial charge in [-0.25, -0.2) is 15.0 Å². The molecule has 1 atom stereocenters. The van der Waals surface area contributed by atoms with Gasteiger partial charge in [-0.05, 0) is 33.9 Å². The highest BCUT2D eigenvalue weighted by molar-refractivity contribution is 7.15. The van der Waals surface area contributed by atoms with Crippen molar-refractivity contribution in [1.82, 2.24) is 19.9 Å². The molecule has 0 aromatic carbocycles. The van der Waals surface area contributed by atoms with Crippen LogP contribution in [0.5, 0.6) is 0 Å². The van der Waals surface area contributed by atoms with Crippen LogP contribution in [0.4, 0.5) is 10.9 Å². The second kappa shape index (κ2) is 5.46. The lowest BCUT2D eigenvalue weighted by molar-refractivity contribution is 0.410. The van der Waals surface area contributed by atoms with E-state index in [1.807, 2.05) is 20.0 Å². The van der Waals surface area contributed by atoms with E-state index in [1.165, 1.54) is 11.3 Å². The molecular formula is C14H19N5S. The van der Waals surface area contributed by atoms with Crippen molar-refractivity contribution in [3.8, 4) is 0 Å². The third kappa shape index (κ3) is 2.96. The summed E-state index contributed by atoms with van der Waals surface area (Å²) in [6.45, 7) is 6.21. The van der Waals surface area contributed by atoms with Crippen LogP contribution in [0, 0.1) is 13.8 Å². The first kappa shape index (κ1) is 13.5. The molecule has 1 fully saturated rings. The van der Waals surface area contributed by atoms with E-state index in [2.05, 4.69) is 38.3 Å². The molecule has 1 aliphatic heterocycles. The molecule has 2 aromatic heterocycles. The fraction of sp³-hybridized carbons (Fsp3) is 0.500. The smallest absolute Gasteiger partial charge is 0.188 e. The standard InChI is InChI=1S/C14H19N5S/c1-9-7-15-14(20-9)18-13-6-12(16-10(2)17-13)11-4-5-19(3)8-11/h6-7,11H,4-5,8H2,1-3H3,(H,15,16,17,18)/t11-/m0/s1. The molecule has 0 spiro atoms. The molecule has 3 heterocycles. The zero-order valence-corrected chi connectivity index (χ0v) is 12.9. The number of thiazole rings is 1. The van der Waals surface area contributed by atoms with Crippen LogP contribution >= 0.6 is 11.3 Å². The Morgan fingerprint density at radius 1 is 1.35 bits per heavy atom. The van der Waals surface area contributed by atoms with Crippen LogP contribution in [0.15, 0.2) is 12.3 Å². The van der Waals surface area contributed by atoms with Crippen LogP contribution in [0.3, 0.4) is 0 Å². The van der Waals surface area contributed by atoms with E-state index in [-0.39, 0.29) is 0 Å². The Morgan fingerprint density at radius 3 is 2.85 bits per heavy atom. The number of aryl methyl sites for hydroxylation is 2. The minimum atomic E-state index is 0.514. The summed E-state index contributed by atoms with van der Waals surface area (Å²) in [5.41, 5.74) is 1.14. The zero-order valence-electron chi connectivity index (χ0n) is 12.1. The number of likely N-dealkylation sites (tertiary alicyclic amines) is 1. The van der Waals surface area contributed by atoms with Gasteiger partial charge in [0.05, 0.1) is 5.69 Å². The molecule has 0 radical (unpaired) electrons. The fourth-order valence-electron chi connectivity index (χ4n) is 2.56. The minimum Gasteiger partial charge on any atom is -0.316 e. The Morgan fingerprint density at radius 2 is 2.20 bits per heavy atom. The van der Waals surface area contributed by atoms with Gasteiger partial charge in [0.1, 0.15) is 11.6 Å². The van der Waals surface area contributed by atoms with Gasteiger partial charge < -0.3 is 10.2 Å². The molecule has 1 saturated heterocycles. The average molecular weight is 289 g/mol. The van der Waals surface area contributed by atoms with Gasteiger partial charge in [0.25, 0.3) is 0 Å². The number of hydrogen-bond donors (Lipinski definition) is 1. The predicted molar refractivity (Wildman–Crippen MR) is 81.8 cm³/mol. The van der Waals surface area contributed by atoms with Crippen molar-refractivity contribution in [2.75, 3.05) is 25.5 Å². The van der Waals surface area contributed by atoms with Crippen molar-refractivity contribution in [2.45, 2.75) is 26.2 Å². The van der Waals surface area contributed by atoms with E-state index in [9.17, 15) is 0 Å². The van der Waals surface area contributed by atoms with Crippen molar-refractivity contribution in [2.24, 2.45) is 0 Å². The van der Waals surface area contributed by atoms with Gasteiger partial charge in [-0.2, -0.15) is 0 Å². The van der Waals surface area contributed by atoms with E-state index in [1.54, 1.807) is 11.3 Å². The molecule has 6 heteroatoms. The van der Waals surface area contributed by atoms with E-state index in [4.69, 9.17) is 0 Å². The van der Waals surface area contributed by atoms with Crippen molar-refractivity contribution in [3.05, 3.63) is 28.7 Å². The summed E-state index contributed by atoms with van der Waals surface area (Å²) in [7, 11) is 2.16. The van der Waals surface area contributed by atoms with E-state index in [0.717, 1.165) is 35.6 Å². The predicted octanol–water partition coefficient (Wildman–Crippen LogP) is 2.71. The number of nitrogens with zero attached hydrogens (tertiary/aromatic N) is 4. The molecule has 20 heavy (non-hydrogen) atoms. The number of nitrogens with one attached hydrogen (secondary N) is 1. The number of aromatic nitrogens is 3. The van der Waals surface area contributed by atoms with Crippen LogP contribution in [0.1, 0.15) is 28.7 Å². The summed E-state index contributed by atoms with van der Waals surface area (Å²) in [5, 5.41) is 4.17. The van der Waals surface area contributed by atoms with Gasteiger partial charge in [0.15, 0.2) is 5.13 Å². The van der Waals surface area contributed by atoms with Gasteiger partial charge in [0, 0.05) is 29.6 Å². The Labute approximate surface area is 123 Å². The molecule has 0 unspecified atom stereocenters. The molecule has 1 aliphatic rings. The third-order valence-electron chi connectivity index (χ3n) is 3.52. The van der Waals surface area contributed by atoms with Crippen molar-refractivity contribution >= 4 is 22.3 Å². The lowest BCUT2D eigenvalue weighted by Crippen LogP contribution is -2.14. The monoisotopic (exact) mass is 289 g/mol. The number of anilines is 2. The molecule has 1 N–H and O–H groups in total. The number of rotatable bonds is 3. The molecular weight excluding hydrogens is 270 g/mol. The Kier molecular flexibility index (Phi) is 3.67. The second-order valence-corrected chi connectivity index (χ2v) is 6.61. The maximum absolute atomic E-state index is 4.60. The topological polar surface area (TPSA) is 53.9 Å². The number of likely N-dealkylation sites (N-methyl/N-ethyl adjacent to an activating group) is 1. The quantitative estimate of drug-likeness (QED) is 0.941. The Hall–Kier alpha value is -1.53. The SMILES string of the molecule is Cc1nc(Nc2ncc(C)s2)cc([C@H]2CCN(C)C2)n1. The molecule has 0 bridgehead atoms. The van der Waals surface area contributed by atoms with Gasteiger partial charge in [-0.1, -0.05) is 0 Å². The fourth-order valence-corrected chi connectivity index (χ4v) is 3.23. The van der Waals surface area contributed by atoms with Crippen LogP contribution < -0.4 is 5.32 Å². The maximum Gasteiger partial charge on any atom is 0.188 e. The van der Waals surface area contributed by atoms with Gasteiger partial charge >= 0.3 is 0 Å². The third-order valence-corrected chi connectivity index (χ3v) is 4.35. The Balaban J connectivity index is 1.83. The van der Waals surface area contributed by atoms with Crippen molar-refractivity contribution in [3.63, 3.8) is 0 Å². The zero-order chi connectivity index (χ0) is 14.1. The van der Waals surface area contributed by atoms with Gasteiger partial charge in [-0.15, -0.1) is 11.3 Å². The first-order valence-corrected chi connectivity index (χ1v) is 7.65. The van der Waals surface area contributed by atoms with E-state index < -0.39 is 0 Å². The van der Waals surface area contributed by atoms with Crippen LogP contribution in [0.2, 0.25) is 0 Å². The summed E-state index contributed by atoms with van der Waals surface area (Å²) < 4.78 is 0. The second-order valence-electron chi connectivity index (χ2n) is 5.37. The van der Waals surface area contributed by atoms with Crippen molar-refractivity contribution in [1.29, 1.82) is 0 Å². The van der Waals surface area contributed by atoms with Crippen LogP contribution in [0.25, 0.3) is 0 Å². The van der Waals surface area contributed by atoms with E-state index >= 15 is 0 Å². The summed E-state index contributed by atoms with van der Waals surface area (Å²) in [6, 6.07) is 2.06. The van der Waals surface area contributed by atoms with Crippen molar-refractivity contribution < 1.29 is 0 Å². The lowest BCUT2D eigenvalue weighted by Gasteiger charge is -2.12. The summed E-state index contributed by atoms with van der Waals surface area (Å²) in [4.78, 5) is 16.9. The van der Waals surface area contributed by atoms with E-state index in [0.29, 0.717) is 5.92 Å². The lowest BCUT2D eigenvalue weighted by atomic mass is 10.0. The van der Waals surface area contributed by atoms with Crippen LogP contribution in [-0.2, 0) is 0 Å². The summed E-state index contributed by atoms with van der Waals surface area (Å²) >= 11 is 1.64. The van der Waals surface area contributed by atoms with Crippen LogP contribution in [-0.4, -0.2) is 40.0 Å². The highest BCUT2D eigenvalue weighted by Gasteiger charge is 2.23. The first-order chi connectivity index (χ1) is 9.60. The van der Waals surface area contributed by atoms with Gasteiger partial charge in [0.2, 0.25) is 0 Å². The molecule has 0 saturated carbocycles. The molecule has 2 aromatic rings. The molecule has 0 amide bonds. The molecule has 106 valence electrons. The highest BCUT2D eigenvalue weighted by atomic mass is 32.1. The van der Waals surface area contributed by atoms with Gasteiger partial charge in [-0.3, -0.25) is 0 Å².